The zero-order valence-electron chi connectivity index (χ0n) is 9.70. The molecule has 7 heteroatoms. The summed E-state index contributed by atoms with van der Waals surface area (Å²) in [7, 11) is 1.71. The maximum Gasteiger partial charge on any atom is 0.230 e. The van der Waals surface area contributed by atoms with E-state index in [0.717, 1.165) is 5.01 Å². The minimum Gasteiger partial charge on any atom is -0.290 e. The van der Waals surface area contributed by atoms with Crippen LogP contribution in [-0.4, -0.2) is 32.9 Å². The smallest absolute Gasteiger partial charge is 0.230 e. The summed E-state index contributed by atoms with van der Waals surface area (Å²) in [6, 6.07) is 1.84. The summed E-state index contributed by atoms with van der Waals surface area (Å²) in [6.07, 6.45) is 3.93. The average Bonchev–Trinajstić information content (AvgIpc) is 2.95. The Morgan fingerprint density at radius 3 is 2.94 bits per heavy atom. The van der Waals surface area contributed by atoms with E-state index >= 15 is 0 Å². The van der Waals surface area contributed by atoms with E-state index in [-0.39, 0.29) is 5.91 Å². The zero-order chi connectivity index (χ0) is 12.3. The minimum absolute atomic E-state index is 0.0108. The van der Waals surface area contributed by atoms with E-state index < -0.39 is 0 Å². The standard InChI is InChI=1S/C10H13N5OS/c1-8-12-13-10(17-8)14(2)9(16)4-7-15-6-3-5-11-15/h3,5-6H,4,7H2,1-2H3. The van der Waals surface area contributed by atoms with Gasteiger partial charge in [0.1, 0.15) is 5.01 Å². The maximum atomic E-state index is 11.9. The van der Waals surface area contributed by atoms with Gasteiger partial charge in [0.15, 0.2) is 0 Å². The van der Waals surface area contributed by atoms with Crippen LogP contribution < -0.4 is 4.90 Å². The predicted molar refractivity (Wildman–Crippen MR) is 64.9 cm³/mol. The van der Waals surface area contributed by atoms with Crippen LogP contribution in [0.5, 0.6) is 0 Å². The topological polar surface area (TPSA) is 63.9 Å². The second-order valence-corrected chi connectivity index (χ2v) is 4.74. The molecule has 0 aliphatic heterocycles. The Kier molecular flexibility index (Phi) is 3.48. The lowest BCUT2D eigenvalue weighted by Crippen LogP contribution is -2.27. The van der Waals surface area contributed by atoms with Crippen molar-refractivity contribution in [2.45, 2.75) is 19.9 Å². The Morgan fingerprint density at radius 1 is 1.53 bits per heavy atom. The first kappa shape index (κ1) is 11.7. The molecule has 0 spiro atoms. The fraction of sp³-hybridized carbons (Fsp3) is 0.400. The molecule has 0 radical (unpaired) electrons. The summed E-state index contributed by atoms with van der Waals surface area (Å²) in [5, 5.41) is 13.4. The molecule has 0 N–H and O–H groups in total. The van der Waals surface area contributed by atoms with E-state index in [1.54, 1.807) is 17.9 Å². The molecular weight excluding hydrogens is 238 g/mol. The first-order valence-electron chi connectivity index (χ1n) is 5.21. The molecule has 0 aliphatic carbocycles. The van der Waals surface area contributed by atoms with Gasteiger partial charge in [-0.15, -0.1) is 10.2 Å². The van der Waals surface area contributed by atoms with E-state index in [2.05, 4.69) is 15.3 Å². The number of carbonyl (C=O) groups is 1. The fourth-order valence-corrected chi connectivity index (χ4v) is 2.01. The highest BCUT2D eigenvalue weighted by molar-refractivity contribution is 7.15. The van der Waals surface area contributed by atoms with Gasteiger partial charge < -0.3 is 0 Å². The zero-order valence-corrected chi connectivity index (χ0v) is 10.5. The quantitative estimate of drug-likeness (QED) is 0.816. The summed E-state index contributed by atoms with van der Waals surface area (Å²) in [4.78, 5) is 13.4. The Balaban J connectivity index is 1.91. The van der Waals surface area contributed by atoms with Gasteiger partial charge in [0.25, 0.3) is 0 Å². The maximum absolute atomic E-state index is 11.9. The van der Waals surface area contributed by atoms with Gasteiger partial charge in [0.05, 0.1) is 0 Å². The molecule has 2 heterocycles. The molecule has 2 aromatic rings. The largest absolute Gasteiger partial charge is 0.290 e. The van der Waals surface area contributed by atoms with E-state index in [0.29, 0.717) is 18.1 Å². The van der Waals surface area contributed by atoms with Crippen molar-refractivity contribution in [3.63, 3.8) is 0 Å². The van der Waals surface area contributed by atoms with Crippen LogP contribution in [0, 0.1) is 6.92 Å². The fourth-order valence-electron chi connectivity index (χ4n) is 1.34. The van der Waals surface area contributed by atoms with Gasteiger partial charge in [-0.2, -0.15) is 5.10 Å². The summed E-state index contributed by atoms with van der Waals surface area (Å²) in [5.41, 5.74) is 0. The third-order valence-corrected chi connectivity index (χ3v) is 3.21. The van der Waals surface area contributed by atoms with Crippen LogP contribution in [0.25, 0.3) is 0 Å². The number of hydrogen-bond donors (Lipinski definition) is 0. The van der Waals surface area contributed by atoms with Gasteiger partial charge in [-0.3, -0.25) is 14.4 Å². The van der Waals surface area contributed by atoms with Crippen molar-refractivity contribution in [2.75, 3.05) is 11.9 Å². The Hall–Kier alpha value is -1.76. The molecule has 6 nitrogen and oxygen atoms in total. The van der Waals surface area contributed by atoms with Gasteiger partial charge in [-0.05, 0) is 13.0 Å². The van der Waals surface area contributed by atoms with Crippen LogP contribution in [0.4, 0.5) is 5.13 Å². The van der Waals surface area contributed by atoms with Crippen LogP contribution in [0.3, 0.4) is 0 Å². The molecule has 2 aromatic heterocycles. The number of amides is 1. The first-order chi connectivity index (χ1) is 8.16. The van der Waals surface area contributed by atoms with Gasteiger partial charge in [0, 0.05) is 32.4 Å². The Bertz CT molecular complexity index is 493. The van der Waals surface area contributed by atoms with Crippen molar-refractivity contribution in [1.29, 1.82) is 0 Å². The van der Waals surface area contributed by atoms with Gasteiger partial charge >= 0.3 is 0 Å². The molecule has 2 rings (SSSR count). The van der Waals surface area contributed by atoms with Gasteiger partial charge in [0.2, 0.25) is 11.0 Å². The van der Waals surface area contributed by atoms with Crippen LogP contribution in [0.1, 0.15) is 11.4 Å². The normalized spacial score (nSPS) is 10.5. The minimum atomic E-state index is 0.0108. The molecule has 0 bridgehead atoms. The number of aromatic nitrogens is 4. The predicted octanol–water partition coefficient (Wildman–Crippen LogP) is 1.10. The molecule has 90 valence electrons. The molecule has 1 amide bonds. The molecule has 0 fully saturated rings. The van der Waals surface area contributed by atoms with Gasteiger partial charge in [-0.25, -0.2) is 0 Å². The van der Waals surface area contributed by atoms with Crippen molar-refractivity contribution in [3.8, 4) is 0 Å². The second-order valence-electron chi connectivity index (χ2n) is 3.58. The van der Waals surface area contributed by atoms with E-state index in [1.165, 1.54) is 16.2 Å². The van der Waals surface area contributed by atoms with Gasteiger partial charge in [-0.1, -0.05) is 11.3 Å². The van der Waals surface area contributed by atoms with Crippen LogP contribution in [0.2, 0.25) is 0 Å². The number of anilines is 1. The highest BCUT2D eigenvalue weighted by Gasteiger charge is 2.14. The molecule has 0 atom stereocenters. The second kappa shape index (κ2) is 5.05. The highest BCUT2D eigenvalue weighted by atomic mass is 32.1. The molecule has 17 heavy (non-hydrogen) atoms. The third kappa shape index (κ3) is 2.88. The van der Waals surface area contributed by atoms with Crippen molar-refractivity contribution >= 4 is 22.4 Å². The van der Waals surface area contributed by atoms with E-state index in [1.807, 2.05) is 19.2 Å². The molecule has 0 saturated heterocycles. The number of hydrogen-bond acceptors (Lipinski definition) is 5. The van der Waals surface area contributed by atoms with Crippen LogP contribution in [0.15, 0.2) is 18.5 Å². The lowest BCUT2D eigenvalue weighted by molar-refractivity contribution is -0.118. The summed E-state index contributed by atoms with van der Waals surface area (Å²) < 4.78 is 1.73. The number of aryl methyl sites for hydroxylation is 2. The summed E-state index contributed by atoms with van der Waals surface area (Å²) >= 11 is 1.41. The Morgan fingerprint density at radius 2 is 2.35 bits per heavy atom. The average molecular weight is 251 g/mol. The first-order valence-corrected chi connectivity index (χ1v) is 6.02. The SMILES string of the molecule is Cc1nnc(N(C)C(=O)CCn2cccn2)s1. The van der Waals surface area contributed by atoms with Crippen molar-refractivity contribution in [3.05, 3.63) is 23.5 Å². The van der Waals surface area contributed by atoms with Crippen LogP contribution >= 0.6 is 11.3 Å². The lowest BCUT2D eigenvalue weighted by Gasteiger charge is -2.12. The number of rotatable bonds is 4. The van der Waals surface area contributed by atoms with E-state index in [9.17, 15) is 4.79 Å². The van der Waals surface area contributed by atoms with Crippen molar-refractivity contribution in [2.24, 2.45) is 0 Å². The highest BCUT2D eigenvalue weighted by Crippen LogP contribution is 2.18. The monoisotopic (exact) mass is 251 g/mol. The van der Waals surface area contributed by atoms with E-state index in [4.69, 9.17) is 0 Å². The molecule has 0 aromatic carbocycles. The molecule has 0 aliphatic rings. The molecular formula is C10H13N5OS. The lowest BCUT2D eigenvalue weighted by atomic mass is 10.4. The summed E-state index contributed by atoms with van der Waals surface area (Å²) in [6.45, 7) is 2.44. The summed E-state index contributed by atoms with van der Waals surface area (Å²) in [5.74, 6) is 0.0108. The van der Waals surface area contributed by atoms with Crippen molar-refractivity contribution < 1.29 is 4.79 Å². The van der Waals surface area contributed by atoms with Crippen molar-refractivity contribution in [1.82, 2.24) is 20.0 Å². The van der Waals surface area contributed by atoms with Crippen LogP contribution in [-0.2, 0) is 11.3 Å². The number of carbonyl (C=O) groups excluding carboxylic acids is 1. The Labute approximate surface area is 103 Å². The number of nitrogens with zero attached hydrogens (tertiary/aromatic N) is 5. The third-order valence-electron chi connectivity index (χ3n) is 2.29. The molecule has 0 saturated carbocycles. The molecule has 0 unspecified atom stereocenters.